The fourth-order valence-electron chi connectivity index (χ4n) is 2.16. The average Bonchev–Trinajstić information content (AvgIpc) is 2.88. The molecule has 96 valence electrons. The van der Waals surface area contributed by atoms with Gasteiger partial charge in [0.2, 0.25) is 0 Å². The van der Waals surface area contributed by atoms with E-state index in [-0.39, 0.29) is 0 Å². The predicted octanol–water partition coefficient (Wildman–Crippen LogP) is 2.96. The molecule has 1 unspecified atom stereocenters. The van der Waals surface area contributed by atoms with Crippen LogP contribution in [0.3, 0.4) is 0 Å². The number of hydrogen-bond acceptors (Lipinski definition) is 2. The number of hydrogen-bond donors (Lipinski definition) is 1. The summed E-state index contributed by atoms with van der Waals surface area (Å²) in [6.07, 6.45) is 5.94. The lowest BCUT2D eigenvalue weighted by atomic mass is 10.1. The van der Waals surface area contributed by atoms with Crippen molar-refractivity contribution in [3.63, 3.8) is 0 Å². The van der Waals surface area contributed by atoms with Crippen molar-refractivity contribution in [1.29, 1.82) is 0 Å². The Hall–Kier alpha value is -1.61. The van der Waals surface area contributed by atoms with Gasteiger partial charge in [-0.3, -0.25) is 0 Å². The van der Waals surface area contributed by atoms with Crippen LogP contribution in [0.15, 0.2) is 42.7 Å². The minimum absolute atomic E-state index is 0.455. The van der Waals surface area contributed by atoms with E-state index < -0.39 is 6.10 Å². The van der Waals surface area contributed by atoms with E-state index in [9.17, 15) is 5.11 Å². The summed E-state index contributed by atoms with van der Waals surface area (Å²) < 4.78 is 1.99. The van der Waals surface area contributed by atoms with Crippen molar-refractivity contribution in [1.82, 2.24) is 9.55 Å². The van der Waals surface area contributed by atoms with Gasteiger partial charge in [0.25, 0.3) is 0 Å². The van der Waals surface area contributed by atoms with Crippen molar-refractivity contribution in [2.24, 2.45) is 0 Å². The first-order valence-corrected chi connectivity index (χ1v) is 6.54. The van der Waals surface area contributed by atoms with Crippen LogP contribution in [-0.2, 0) is 13.0 Å². The van der Waals surface area contributed by atoms with Crippen molar-refractivity contribution < 1.29 is 5.11 Å². The van der Waals surface area contributed by atoms with Gasteiger partial charge in [0.1, 0.15) is 11.9 Å². The van der Waals surface area contributed by atoms with E-state index in [1.165, 1.54) is 5.56 Å². The number of aryl methyl sites for hydroxylation is 2. The number of rotatable bonds is 6. The van der Waals surface area contributed by atoms with E-state index in [0.29, 0.717) is 0 Å². The van der Waals surface area contributed by atoms with Crippen LogP contribution in [0.1, 0.15) is 37.3 Å². The first-order valence-electron chi connectivity index (χ1n) is 6.54. The fraction of sp³-hybridized carbons (Fsp3) is 0.400. The van der Waals surface area contributed by atoms with Crippen LogP contribution in [0.5, 0.6) is 0 Å². The molecule has 18 heavy (non-hydrogen) atoms. The van der Waals surface area contributed by atoms with Gasteiger partial charge in [-0.15, -0.1) is 0 Å². The third kappa shape index (κ3) is 3.20. The molecular weight excluding hydrogens is 224 g/mol. The van der Waals surface area contributed by atoms with Crippen molar-refractivity contribution in [3.05, 3.63) is 54.1 Å². The molecule has 0 saturated heterocycles. The summed E-state index contributed by atoms with van der Waals surface area (Å²) in [5, 5.41) is 10.1. The van der Waals surface area contributed by atoms with Crippen LogP contribution in [-0.4, -0.2) is 14.7 Å². The number of aliphatic hydroxyl groups excluding tert-OH is 1. The van der Waals surface area contributed by atoms with E-state index in [1.54, 1.807) is 6.20 Å². The maximum Gasteiger partial charge on any atom is 0.137 e. The SMILES string of the molecule is CCn1ccnc1C(O)CCCc1ccccc1. The lowest BCUT2D eigenvalue weighted by Gasteiger charge is -2.11. The highest BCUT2D eigenvalue weighted by molar-refractivity contribution is 5.14. The third-order valence-electron chi connectivity index (χ3n) is 3.17. The summed E-state index contributed by atoms with van der Waals surface area (Å²) in [4.78, 5) is 4.23. The zero-order chi connectivity index (χ0) is 12.8. The van der Waals surface area contributed by atoms with Gasteiger partial charge in [0, 0.05) is 18.9 Å². The summed E-state index contributed by atoms with van der Waals surface area (Å²) in [6, 6.07) is 10.4. The number of benzene rings is 1. The molecule has 1 aromatic heterocycles. The summed E-state index contributed by atoms with van der Waals surface area (Å²) in [6.45, 7) is 2.91. The van der Waals surface area contributed by atoms with E-state index in [2.05, 4.69) is 36.2 Å². The summed E-state index contributed by atoms with van der Waals surface area (Å²) in [7, 11) is 0. The highest BCUT2D eigenvalue weighted by atomic mass is 16.3. The summed E-state index contributed by atoms with van der Waals surface area (Å²) >= 11 is 0. The topological polar surface area (TPSA) is 38.0 Å². The second-order valence-corrected chi connectivity index (χ2v) is 4.47. The smallest absolute Gasteiger partial charge is 0.137 e. The zero-order valence-corrected chi connectivity index (χ0v) is 10.8. The maximum atomic E-state index is 10.1. The second kappa shape index (κ2) is 6.36. The molecule has 0 saturated carbocycles. The first kappa shape index (κ1) is 12.8. The van der Waals surface area contributed by atoms with E-state index in [4.69, 9.17) is 0 Å². The average molecular weight is 244 g/mol. The number of imidazole rings is 1. The molecule has 0 aliphatic rings. The Kier molecular flexibility index (Phi) is 4.53. The number of aromatic nitrogens is 2. The molecule has 0 bridgehead atoms. The van der Waals surface area contributed by atoms with Gasteiger partial charge in [-0.2, -0.15) is 0 Å². The minimum Gasteiger partial charge on any atom is -0.385 e. The molecule has 2 aromatic rings. The Labute approximate surface area is 108 Å². The van der Waals surface area contributed by atoms with Gasteiger partial charge < -0.3 is 9.67 Å². The Morgan fingerprint density at radius 3 is 2.78 bits per heavy atom. The van der Waals surface area contributed by atoms with Crippen molar-refractivity contribution >= 4 is 0 Å². The summed E-state index contributed by atoms with van der Waals surface area (Å²) in [5.41, 5.74) is 1.32. The molecule has 0 fully saturated rings. The molecule has 2 rings (SSSR count). The van der Waals surface area contributed by atoms with Gasteiger partial charge in [-0.05, 0) is 31.7 Å². The Morgan fingerprint density at radius 2 is 2.06 bits per heavy atom. The van der Waals surface area contributed by atoms with Crippen molar-refractivity contribution in [2.45, 2.75) is 38.8 Å². The standard InChI is InChI=1S/C15H20N2O/c1-2-17-12-11-16-15(17)14(18)10-6-9-13-7-4-3-5-8-13/h3-5,7-8,11-12,14,18H,2,6,9-10H2,1H3. The lowest BCUT2D eigenvalue weighted by molar-refractivity contribution is 0.150. The van der Waals surface area contributed by atoms with E-state index >= 15 is 0 Å². The van der Waals surface area contributed by atoms with Crippen molar-refractivity contribution in [2.75, 3.05) is 0 Å². The van der Waals surface area contributed by atoms with Gasteiger partial charge in [0.05, 0.1) is 0 Å². The van der Waals surface area contributed by atoms with Gasteiger partial charge in [0.15, 0.2) is 0 Å². The van der Waals surface area contributed by atoms with Gasteiger partial charge in [-0.1, -0.05) is 30.3 Å². The highest BCUT2D eigenvalue weighted by Gasteiger charge is 2.12. The molecule has 0 aliphatic carbocycles. The molecule has 1 atom stereocenters. The van der Waals surface area contributed by atoms with Crippen LogP contribution in [0, 0.1) is 0 Å². The molecule has 1 heterocycles. The highest BCUT2D eigenvalue weighted by Crippen LogP contribution is 2.18. The molecule has 3 nitrogen and oxygen atoms in total. The predicted molar refractivity (Wildman–Crippen MR) is 72.2 cm³/mol. The number of nitrogens with zero attached hydrogens (tertiary/aromatic N) is 2. The normalized spacial score (nSPS) is 12.6. The van der Waals surface area contributed by atoms with Gasteiger partial charge in [-0.25, -0.2) is 4.98 Å². The first-order chi connectivity index (χ1) is 8.81. The fourth-order valence-corrected chi connectivity index (χ4v) is 2.16. The molecule has 0 amide bonds. The minimum atomic E-state index is -0.455. The Bertz CT molecular complexity index is 464. The molecule has 1 N–H and O–H groups in total. The monoisotopic (exact) mass is 244 g/mol. The van der Waals surface area contributed by atoms with Crippen LogP contribution in [0.4, 0.5) is 0 Å². The third-order valence-corrected chi connectivity index (χ3v) is 3.17. The van der Waals surface area contributed by atoms with Crippen LogP contribution < -0.4 is 0 Å². The van der Waals surface area contributed by atoms with E-state index in [0.717, 1.165) is 31.6 Å². The molecule has 0 radical (unpaired) electrons. The second-order valence-electron chi connectivity index (χ2n) is 4.47. The van der Waals surface area contributed by atoms with E-state index in [1.807, 2.05) is 16.8 Å². The quantitative estimate of drug-likeness (QED) is 0.848. The van der Waals surface area contributed by atoms with Crippen LogP contribution in [0.2, 0.25) is 0 Å². The lowest BCUT2D eigenvalue weighted by Crippen LogP contribution is -2.07. The van der Waals surface area contributed by atoms with Gasteiger partial charge >= 0.3 is 0 Å². The Balaban J connectivity index is 1.84. The van der Waals surface area contributed by atoms with Crippen LogP contribution in [0.25, 0.3) is 0 Å². The molecule has 1 aromatic carbocycles. The van der Waals surface area contributed by atoms with Crippen molar-refractivity contribution in [3.8, 4) is 0 Å². The largest absolute Gasteiger partial charge is 0.385 e. The summed E-state index contributed by atoms with van der Waals surface area (Å²) in [5.74, 6) is 0.783. The molecule has 3 heteroatoms. The molecular formula is C15H20N2O. The molecule has 0 spiro atoms. The Morgan fingerprint density at radius 1 is 1.28 bits per heavy atom. The zero-order valence-electron chi connectivity index (χ0n) is 10.8. The number of aliphatic hydroxyl groups is 1. The maximum absolute atomic E-state index is 10.1. The molecule has 0 aliphatic heterocycles. The van der Waals surface area contributed by atoms with Crippen LogP contribution >= 0.6 is 0 Å².